The van der Waals surface area contributed by atoms with E-state index in [1.54, 1.807) is 0 Å². The second-order valence-corrected chi connectivity index (χ2v) is 5.87. The SMILES string of the molecule is CC1CNCC1C(=O)N1CC=C(c2ccccc2)CC1. The van der Waals surface area contributed by atoms with Crippen molar-refractivity contribution < 1.29 is 4.79 Å². The minimum absolute atomic E-state index is 0.168. The zero-order valence-corrected chi connectivity index (χ0v) is 12.0. The molecule has 1 fully saturated rings. The van der Waals surface area contributed by atoms with E-state index in [1.165, 1.54) is 11.1 Å². The van der Waals surface area contributed by atoms with Crippen LogP contribution in [0.4, 0.5) is 0 Å². The molecule has 0 radical (unpaired) electrons. The molecule has 0 bridgehead atoms. The largest absolute Gasteiger partial charge is 0.338 e. The van der Waals surface area contributed by atoms with Crippen LogP contribution in [0.15, 0.2) is 36.4 Å². The number of carbonyl (C=O) groups excluding carboxylic acids is 1. The number of carbonyl (C=O) groups is 1. The number of benzene rings is 1. The van der Waals surface area contributed by atoms with Gasteiger partial charge in [-0.2, -0.15) is 0 Å². The Hall–Kier alpha value is -1.61. The highest BCUT2D eigenvalue weighted by Gasteiger charge is 2.33. The lowest BCUT2D eigenvalue weighted by Gasteiger charge is -2.30. The highest BCUT2D eigenvalue weighted by Crippen LogP contribution is 2.25. The summed E-state index contributed by atoms with van der Waals surface area (Å²) in [5, 5.41) is 3.31. The first kappa shape index (κ1) is 13.4. The first-order valence-electron chi connectivity index (χ1n) is 7.49. The van der Waals surface area contributed by atoms with E-state index in [0.29, 0.717) is 11.8 Å². The van der Waals surface area contributed by atoms with Crippen molar-refractivity contribution in [3.63, 3.8) is 0 Å². The Labute approximate surface area is 120 Å². The van der Waals surface area contributed by atoms with E-state index in [1.807, 2.05) is 11.0 Å². The van der Waals surface area contributed by atoms with Gasteiger partial charge in [0.05, 0.1) is 5.92 Å². The summed E-state index contributed by atoms with van der Waals surface area (Å²) in [6.07, 6.45) is 3.17. The Bertz CT molecular complexity index is 509. The van der Waals surface area contributed by atoms with E-state index in [0.717, 1.165) is 32.6 Å². The van der Waals surface area contributed by atoms with Gasteiger partial charge in [-0.1, -0.05) is 43.3 Å². The summed E-state index contributed by atoms with van der Waals surface area (Å²) in [4.78, 5) is 14.5. The zero-order chi connectivity index (χ0) is 13.9. The third-order valence-electron chi connectivity index (χ3n) is 4.50. The predicted molar refractivity (Wildman–Crippen MR) is 81.1 cm³/mol. The van der Waals surface area contributed by atoms with Crippen LogP contribution in [-0.2, 0) is 4.79 Å². The van der Waals surface area contributed by atoms with Crippen LogP contribution in [-0.4, -0.2) is 37.0 Å². The Morgan fingerprint density at radius 3 is 2.65 bits per heavy atom. The molecule has 1 aromatic rings. The summed E-state index contributed by atoms with van der Waals surface area (Å²) in [6.45, 7) is 5.58. The number of nitrogens with zero attached hydrogens (tertiary/aromatic N) is 1. The summed E-state index contributed by atoms with van der Waals surface area (Å²) in [5.41, 5.74) is 2.66. The maximum absolute atomic E-state index is 12.5. The van der Waals surface area contributed by atoms with Crippen molar-refractivity contribution in [1.29, 1.82) is 0 Å². The lowest BCUT2D eigenvalue weighted by molar-refractivity contribution is -0.135. The Balaban J connectivity index is 1.66. The fraction of sp³-hybridized carbons (Fsp3) is 0.471. The third-order valence-corrected chi connectivity index (χ3v) is 4.50. The van der Waals surface area contributed by atoms with Gasteiger partial charge in [-0.05, 0) is 30.0 Å². The van der Waals surface area contributed by atoms with Crippen molar-refractivity contribution in [2.75, 3.05) is 26.2 Å². The molecule has 1 aromatic carbocycles. The molecule has 1 amide bonds. The van der Waals surface area contributed by atoms with Crippen molar-refractivity contribution >= 4 is 11.5 Å². The maximum Gasteiger partial charge on any atom is 0.227 e. The molecular formula is C17H22N2O. The topological polar surface area (TPSA) is 32.3 Å². The zero-order valence-electron chi connectivity index (χ0n) is 12.0. The normalized spacial score (nSPS) is 26.4. The Morgan fingerprint density at radius 1 is 1.25 bits per heavy atom. The van der Waals surface area contributed by atoms with Crippen molar-refractivity contribution in [2.24, 2.45) is 11.8 Å². The predicted octanol–water partition coefficient (Wildman–Crippen LogP) is 2.16. The van der Waals surface area contributed by atoms with Crippen molar-refractivity contribution in [3.05, 3.63) is 42.0 Å². The van der Waals surface area contributed by atoms with E-state index in [-0.39, 0.29) is 5.92 Å². The van der Waals surface area contributed by atoms with Crippen LogP contribution in [0.2, 0.25) is 0 Å². The van der Waals surface area contributed by atoms with Crippen LogP contribution in [0.3, 0.4) is 0 Å². The molecule has 0 aromatic heterocycles. The van der Waals surface area contributed by atoms with E-state index >= 15 is 0 Å². The minimum atomic E-state index is 0.168. The molecule has 3 nitrogen and oxygen atoms in total. The number of nitrogens with one attached hydrogen (secondary N) is 1. The van der Waals surface area contributed by atoms with Crippen LogP contribution in [0.5, 0.6) is 0 Å². The van der Waals surface area contributed by atoms with Gasteiger partial charge in [-0.15, -0.1) is 0 Å². The van der Waals surface area contributed by atoms with E-state index in [9.17, 15) is 4.79 Å². The molecule has 0 spiro atoms. The second-order valence-electron chi connectivity index (χ2n) is 5.87. The number of hydrogen-bond acceptors (Lipinski definition) is 2. The molecule has 2 unspecified atom stereocenters. The average molecular weight is 270 g/mol. The molecule has 1 saturated heterocycles. The summed E-state index contributed by atoms with van der Waals surface area (Å²) >= 11 is 0. The lowest BCUT2D eigenvalue weighted by atomic mass is 9.94. The van der Waals surface area contributed by atoms with Crippen LogP contribution >= 0.6 is 0 Å². The van der Waals surface area contributed by atoms with E-state index in [2.05, 4.69) is 42.6 Å². The second kappa shape index (κ2) is 5.80. The van der Waals surface area contributed by atoms with Crippen LogP contribution in [0, 0.1) is 11.8 Å². The molecule has 0 saturated carbocycles. The molecule has 20 heavy (non-hydrogen) atoms. The summed E-state index contributed by atoms with van der Waals surface area (Å²) in [5.74, 6) is 0.953. The fourth-order valence-electron chi connectivity index (χ4n) is 3.16. The van der Waals surface area contributed by atoms with Gasteiger partial charge in [-0.25, -0.2) is 0 Å². The van der Waals surface area contributed by atoms with Crippen molar-refractivity contribution in [2.45, 2.75) is 13.3 Å². The number of amides is 1. The van der Waals surface area contributed by atoms with Crippen LogP contribution in [0.1, 0.15) is 18.9 Å². The molecule has 2 atom stereocenters. The molecule has 3 rings (SSSR count). The monoisotopic (exact) mass is 270 g/mol. The molecule has 0 aliphatic carbocycles. The quantitative estimate of drug-likeness (QED) is 0.893. The first-order chi connectivity index (χ1) is 9.75. The van der Waals surface area contributed by atoms with Gasteiger partial charge in [-0.3, -0.25) is 4.79 Å². The van der Waals surface area contributed by atoms with Crippen molar-refractivity contribution in [1.82, 2.24) is 10.2 Å². The van der Waals surface area contributed by atoms with Gasteiger partial charge in [0.15, 0.2) is 0 Å². The molecular weight excluding hydrogens is 248 g/mol. The highest BCUT2D eigenvalue weighted by molar-refractivity contribution is 5.81. The van der Waals surface area contributed by atoms with Crippen LogP contribution < -0.4 is 5.32 Å². The number of hydrogen-bond donors (Lipinski definition) is 1. The summed E-state index contributed by atoms with van der Waals surface area (Å²) in [6, 6.07) is 10.5. The van der Waals surface area contributed by atoms with E-state index < -0.39 is 0 Å². The third kappa shape index (κ3) is 2.63. The van der Waals surface area contributed by atoms with Crippen LogP contribution in [0.25, 0.3) is 5.57 Å². The van der Waals surface area contributed by atoms with Gasteiger partial charge in [0.2, 0.25) is 5.91 Å². The van der Waals surface area contributed by atoms with Crippen molar-refractivity contribution in [3.8, 4) is 0 Å². The number of rotatable bonds is 2. The first-order valence-corrected chi connectivity index (χ1v) is 7.49. The average Bonchev–Trinajstić information content (AvgIpc) is 2.94. The van der Waals surface area contributed by atoms with Gasteiger partial charge in [0.1, 0.15) is 0 Å². The molecule has 2 aliphatic rings. The molecule has 2 aliphatic heterocycles. The minimum Gasteiger partial charge on any atom is -0.338 e. The lowest BCUT2D eigenvalue weighted by Crippen LogP contribution is -2.41. The maximum atomic E-state index is 12.5. The summed E-state index contributed by atoms with van der Waals surface area (Å²) in [7, 11) is 0. The Morgan fingerprint density at radius 2 is 2.05 bits per heavy atom. The molecule has 2 heterocycles. The smallest absolute Gasteiger partial charge is 0.227 e. The highest BCUT2D eigenvalue weighted by atomic mass is 16.2. The van der Waals surface area contributed by atoms with Gasteiger partial charge in [0.25, 0.3) is 0 Å². The standard InChI is InChI=1S/C17H22N2O/c1-13-11-18-12-16(13)17(20)19-9-7-15(8-10-19)14-5-3-2-4-6-14/h2-7,13,16,18H,8-12H2,1H3. The Kier molecular flexibility index (Phi) is 3.88. The van der Waals surface area contributed by atoms with Gasteiger partial charge >= 0.3 is 0 Å². The molecule has 106 valence electrons. The summed E-state index contributed by atoms with van der Waals surface area (Å²) < 4.78 is 0. The van der Waals surface area contributed by atoms with Gasteiger partial charge < -0.3 is 10.2 Å². The van der Waals surface area contributed by atoms with Gasteiger partial charge in [0, 0.05) is 19.6 Å². The fourth-order valence-corrected chi connectivity index (χ4v) is 3.16. The van der Waals surface area contributed by atoms with E-state index in [4.69, 9.17) is 0 Å². The molecule has 1 N–H and O–H groups in total. The molecule has 3 heteroatoms.